The summed E-state index contributed by atoms with van der Waals surface area (Å²) in [6, 6.07) is 3.48. The van der Waals surface area contributed by atoms with Gasteiger partial charge in [-0.15, -0.1) is 0 Å². The number of nitrogens with zero attached hydrogens (tertiary/aromatic N) is 2. The molecule has 0 aliphatic heterocycles. The molecule has 0 aliphatic carbocycles. The van der Waals surface area contributed by atoms with Crippen molar-refractivity contribution < 1.29 is 9.60 Å². The summed E-state index contributed by atoms with van der Waals surface area (Å²) in [5, 5.41) is 11.6. The molecule has 0 spiro atoms. The Morgan fingerprint density at radius 3 is 2.45 bits per heavy atom. The maximum absolute atomic E-state index is 14.5. The van der Waals surface area contributed by atoms with Gasteiger partial charge in [-0.1, -0.05) is 19.0 Å². The lowest BCUT2D eigenvalue weighted by molar-refractivity contribution is 0.318. The summed E-state index contributed by atoms with van der Waals surface area (Å²) in [5.41, 5.74) is 6.36. The zero-order chi connectivity index (χ0) is 15.4. The number of anilines is 1. The summed E-state index contributed by atoms with van der Waals surface area (Å²) in [6.45, 7) is 8.98. The van der Waals surface area contributed by atoms with Crippen molar-refractivity contribution in [2.75, 3.05) is 11.4 Å². The van der Waals surface area contributed by atoms with Crippen LogP contribution in [0.15, 0.2) is 21.8 Å². The number of amidine groups is 1. The first-order chi connectivity index (χ1) is 9.29. The second-order valence-corrected chi connectivity index (χ2v) is 6.18. The van der Waals surface area contributed by atoms with Crippen LogP contribution in [0.5, 0.6) is 0 Å². The molecule has 0 atom stereocenters. The average Bonchev–Trinajstić information content (AvgIpc) is 2.38. The molecule has 1 rings (SSSR count). The van der Waals surface area contributed by atoms with E-state index >= 15 is 0 Å². The van der Waals surface area contributed by atoms with Crippen LogP contribution in [-0.4, -0.2) is 23.6 Å². The van der Waals surface area contributed by atoms with Gasteiger partial charge in [0.05, 0.1) is 10.2 Å². The lowest BCUT2D eigenvalue weighted by Crippen LogP contribution is -2.35. The Morgan fingerprint density at radius 1 is 1.40 bits per heavy atom. The Kier molecular flexibility index (Phi) is 5.80. The first kappa shape index (κ1) is 16.8. The van der Waals surface area contributed by atoms with Gasteiger partial charge in [0.1, 0.15) is 0 Å². The molecule has 0 unspecified atom stereocenters. The standard InChI is InChI=1S/C14H21BrFN3O/c1-8(2)7-19(9(3)4)11-6-5-10(14(17)18-20)12(15)13(11)16/h5-6,8-9,20H,7H2,1-4H3,(H2,17,18). The summed E-state index contributed by atoms with van der Waals surface area (Å²) in [6.07, 6.45) is 0. The third-order valence-electron chi connectivity index (χ3n) is 2.94. The van der Waals surface area contributed by atoms with Gasteiger partial charge in [0.25, 0.3) is 0 Å². The Balaban J connectivity index is 3.29. The van der Waals surface area contributed by atoms with E-state index in [0.29, 0.717) is 17.2 Å². The van der Waals surface area contributed by atoms with Gasteiger partial charge in [-0.3, -0.25) is 0 Å². The Labute approximate surface area is 127 Å². The monoisotopic (exact) mass is 345 g/mol. The third kappa shape index (κ3) is 3.62. The Morgan fingerprint density at radius 2 is 2.00 bits per heavy atom. The lowest BCUT2D eigenvalue weighted by atomic mass is 10.1. The smallest absolute Gasteiger partial charge is 0.171 e. The SMILES string of the molecule is CC(C)CN(c1ccc(/C(N)=N/O)c(Br)c1F)C(C)C. The Bertz CT molecular complexity index is 503. The summed E-state index contributed by atoms with van der Waals surface area (Å²) in [5.74, 6) is -0.106. The molecule has 0 saturated carbocycles. The van der Waals surface area contributed by atoms with E-state index in [1.54, 1.807) is 12.1 Å². The van der Waals surface area contributed by atoms with Crippen LogP contribution >= 0.6 is 15.9 Å². The van der Waals surface area contributed by atoms with Crippen molar-refractivity contribution in [3.05, 3.63) is 28.0 Å². The quantitative estimate of drug-likeness (QED) is 0.371. The predicted octanol–water partition coefficient (Wildman–Crippen LogP) is 3.55. The molecule has 112 valence electrons. The minimum absolute atomic E-state index is 0.123. The minimum atomic E-state index is -0.400. The average molecular weight is 346 g/mol. The number of nitrogens with two attached hydrogens (primary N) is 1. The molecule has 0 aliphatic rings. The fourth-order valence-electron chi connectivity index (χ4n) is 1.99. The number of rotatable bonds is 5. The highest BCUT2D eigenvalue weighted by Crippen LogP contribution is 2.31. The van der Waals surface area contributed by atoms with Crippen LogP contribution in [-0.2, 0) is 0 Å². The van der Waals surface area contributed by atoms with Crippen LogP contribution in [0.25, 0.3) is 0 Å². The van der Waals surface area contributed by atoms with Crippen molar-refractivity contribution in [3.63, 3.8) is 0 Å². The van der Waals surface area contributed by atoms with Gasteiger partial charge in [-0.05, 0) is 47.8 Å². The van der Waals surface area contributed by atoms with Gasteiger partial charge >= 0.3 is 0 Å². The zero-order valence-corrected chi connectivity index (χ0v) is 13.8. The second kappa shape index (κ2) is 6.92. The van der Waals surface area contributed by atoms with Crippen molar-refractivity contribution >= 4 is 27.5 Å². The highest BCUT2D eigenvalue weighted by Gasteiger charge is 2.20. The predicted molar refractivity (Wildman–Crippen MR) is 83.9 cm³/mol. The molecule has 0 fully saturated rings. The van der Waals surface area contributed by atoms with E-state index in [4.69, 9.17) is 10.9 Å². The maximum atomic E-state index is 14.5. The highest BCUT2D eigenvalue weighted by molar-refractivity contribution is 9.10. The molecule has 0 saturated heterocycles. The van der Waals surface area contributed by atoms with Gasteiger partial charge < -0.3 is 15.8 Å². The van der Waals surface area contributed by atoms with Gasteiger partial charge in [-0.2, -0.15) is 0 Å². The number of halogens is 2. The fraction of sp³-hybridized carbons (Fsp3) is 0.500. The zero-order valence-electron chi connectivity index (χ0n) is 12.2. The van der Waals surface area contributed by atoms with E-state index in [1.165, 1.54) is 0 Å². The molecule has 0 heterocycles. The Hall–Kier alpha value is -1.30. The molecule has 0 radical (unpaired) electrons. The molecule has 0 aromatic heterocycles. The van der Waals surface area contributed by atoms with Crippen molar-refractivity contribution in [1.82, 2.24) is 0 Å². The molecule has 1 aromatic carbocycles. The van der Waals surface area contributed by atoms with E-state index in [0.717, 1.165) is 6.54 Å². The number of oxime groups is 1. The van der Waals surface area contributed by atoms with E-state index in [1.807, 2.05) is 18.7 Å². The summed E-state index contributed by atoms with van der Waals surface area (Å²) < 4.78 is 14.7. The highest BCUT2D eigenvalue weighted by atomic mass is 79.9. The van der Waals surface area contributed by atoms with Crippen LogP contribution in [0.3, 0.4) is 0 Å². The van der Waals surface area contributed by atoms with Crippen molar-refractivity contribution in [1.29, 1.82) is 0 Å². The molecule has 6 heteroatoms. The fourth-order valence-corrected chi connectivity index (χ4v) is 2.53. The van der Waals surface area contributed by atoms with Crippen LogP contribution in [0.4, 0.5) is 10.1 Å². The van der Waals surface area contributed by atoms with Crippen molar-refractivity contribution in [2.45, 2.75) is 33.7 Å². The summed E-state index contributed by atoms with van der Waals surface area (Å²) in [7, 11) is 0. The van der Waals surface area contributed by atoms with Crippen LogP contribution in [0.1, 0.15) is 33.3 Å². The summed E-state index contributed by atoms with van der Waals surface area (Å²) in [4.78, 5) is 2.00. The normalized spacial score (nSPS) is 12.3. The van der Waals surface area contributed by atoms with E-state index in [9.17, 15) is 4.39 Å². The van der Waals surface area contributed by atoms with Gasteiger partial charge in [0.2, 0.25) is 0 Å². The molecule has 0 bridgehead atoms. The first-order valence-electron chi connectivity index (χ1n) is 6.52. The van der Waals surface area contributed by atoms with Crippen LogP contribution in [0.2, 0.25) is 0 Å². The largest absolute Gasteiger partial charge is 0.409 e. The number of hydrogen-bond donors (Lipinski definition) is 2. The molecule has 1 aromatic rings. The van der Waals surface area contributed by atoms with Gasteiger partial charge in [0, 0.05) is 18.2 Å². The third-order valence-corrected chi connectivity index (χ3v) is 3.72. The maximum Gasteiger partial charge on any atom is 0.171 e. The molecule has 3 N–H and O–H groups in total. The van der Waals surface area contributed by atoms with Gasteiger partial charge in [0.15, 0.2) is 11.7 Å². The summed E-state index contributed by atoms with van der Waals surface area (Å²) >= 11 is 3.18. The second-order valence-electron chi connectivity index (χ2n) is 5.39. The minimum Gasteiger partial charge on any atom is -0.409 e. The number of benzene rings is 1. The number of hydrogen-bond acceptors (Lipinski definition) is 3. The van der Waals surface area contributed by atoms with Crippen LogP contribution in [0, 0.1) is 11.7 Å². The molecule has 0 amide bonds. The van der Waals surface area contributed by atoms with Crippen molar-refractivity contribution in [3.8, 4) is 0 Å². The molecule has 20 heavy (non-hydrogen) atoms. The van der Waals surface area contributed by atoms with E-state index < -0.39 is 5.82 Å². The molecule has 4 nitrogen and oxygen atoms in total. The van der Waals surface area contributed by atoms with Crippen LogP contribution < -0.4 is 10.6 Å². The first-order valence-corrected chi connectivity index (χ1v) is 7.31. The van der Waals surface area contributed by atoms with E-state index in [-0.39, 0.29) is 16.4 Å². The molecular weight excluding hydrogens is 325 g/mol. The van der Waals surface area contributed by atoms with Crippen molar-refractivity contribution in [2.24, 2.45) is 16.8 Å². The lowest BCUT2D eigenvalue weighted by Gasteiger charge is -2.31. The molecular formula is C14H21BrFN3O. The van der Waals surface area contributed by atoms with E-state index in [2.05, 4.69) is 34.9 Å². The van der Waals surface area contributed by atoms with Gasteiger partial charge in [-0.25, -0.2) is 4.39 Å². The topological polar surface area (TPSA) is 61.8 Å².